The van der Waals surface area contributed by atoms with Crippen LogP contribution in [0.1, 0.15) is 46.5 Å². The van der Waals surface area contributed by atoms with Gasteiger partial charge in [0.05, 0.1) is 0 Å². The molecule has 0 bridgehead atoms. The monoisotopic (exact) mass is 215 g/mol. The van der Waals surface area contributed by atoms with E-state index in [1.807, 2.05) is 0 Å². The first-order chi connectivity index (χ1) is 6.62. The van der Waals surface area contributed by atoms with Gasteiger partial charge in [0.2, 0.25) is 0 Å². The van der Waals surface area contributed by atoms with E-state index in [1.54, 1.807) is 0 Å². The van der Waals surface area contributed by atoms with E-state index < -0.39 is 0 Å². The van der Waals surface area contributed by atoms with E-state index in [0.717, 1.165) is 5.92 Å². The minimum atomic E-state index is 0.498. The van der Waals surface area contributed by atoms with Gasteiger partial charge in [-0.2, -0.15) is 11.8 Å². The highest BCUT2D eigenvalue weighted by Crippen LogP contribution is 2.42. The molecule has 3 atom stereocenters. The van der Waals surface area contributed by atoms with Crippen molar-refractivity contribution in [2.45, 2.75) is 57.2 Å². The number of hydrogen-bond acceptors (Lipinski definition) is 2. The van der Waals surface area contributed by atoms with Crippen molar-refractivity contribution >= 4 is 11.8 Å². The van der Waals surface area contributed by atoms with Crippen molar-refractivity contribution in [3.63, 3.8) is 0 Å². The van der Waals surface area contributed by atoms with Gasteiger partial charge in [-0.05, 0) is 44.9 Å². The molecule has 3 unspecified atom stereocenters. The average Bonchev–Trinajstić information content (AvgIpc) is 2.62. The highest BCUT2D eigenvalue weighted by Gasteiger charge is 2.37. The molecule has 14 heavy (non-hydrogen) atoms. The molecular weight excluding hydrogens is 190 g/mol. The fraction of sp³-hybridized carbons (Fsp3) is 1.00. The van der Waals surface area contributed by atoms with Crippen LogP contribution in [0.4, 0.5) is 0 Å². The number of thioether (sulfide) groups is 1. The number of rotatable bonds is 5. The summed E-state index contributed by atoms with van der Waals surface area (Å²) in [6.07, 6.45) is 5.43. The van der Waals surface area contributed by atoms with Crippen molar-refractivity contribution in [3.8, 4) is 0 Å². The Morgan fingerprint density at radius 1 is 1.50 bits per heavy atom. The molecule has 0 aromatic heterocycles. The minimum Gasteiger partial charge on any atom is -0.316 e. The van der Waals surface area contributed by atoms with Crippen LogP contribution in [0.15, 0.2) is 0 Å². The quantitative estimate of drug-likeness (QED) is 0.755. The van der Waals surface area contributed by atoms with Crippen LogP contribution in [-0.4, -0.2) is 23.6 Å². The maximum atomic E-state index is 3.53. The third-order valence-electron chi connectivity index (χ3n) is 3.67. The van der Waals surface area contributed by atoms with Crippen LogP contribution in [0, 0.1) is 5.92 Å². The van der Waals surface area contributed by atoms with Crippen LogP contribution in [0.5, 0.6) is 0 Å². The SMILES string of the molecule is CCC(C)CC(NC)C1(C)CCCS1. The summed E-state index contributed by atoms with van der Waals surface area (Å²) in [6.45, 7) is 7.10. The van der Waals surface area contributed by atoms with Crippen LogP contribution < -0.4 is 5.32 Å². The second-order valence-electron chi connectivity index (χ2n) is 4.86. The highest BCUT2D eigenvalue weighted by molar-refractivity contribution is 8.00. The molecule has 0 radical (unpaired) electrons. The van der Waals surface area contributed by atoms with Crippen molar-refractivity contribution in [2.24, 2.45) is 5.92 Å². The maximum absolute atomic E-state index is 3.53. The van der Waals surface area contributed by atoms with E-state index in [4.69, 9.17) is 0 Å². The zero-order valence-electron chi connectivity index (χ0n) is 10.1. The molecule has 0 amide bonds. The molecule has 0 aliphatic carbocycles. The molecule has 84 valence electrons. The van der Waals surface area contributed by atoms with Gasteiger partial charge in [-0.25, -0.2) is 0 Å². The fourth-order valence-electron chi connectivity index (χ4n) is 2.32. The van der Waals surface area contributed by atoms with Gasteiger partial charge >= 0.3 is 0 Å². The van der Waals surface area contributed by atoms with E-state index in [-0.39, 0.29) is 0 Å². The Hall–Kier alpha value is 0.310. The van der Waals surface area contributed by atoms with Gasteiger partial charge in [0.1, 0.15) is 0 Å². The van der Waals surface area contributed by atoms with Crippen LogP contribution in [0.25, 0.3) is 0 Å². The minimum absolute atomic E-state index is 0.498. The highest BCUT2D eigenvalue weighted by atomic mass is 32.2. The molecule has 0 spiro atoms. The molecule has 1 aliphatic heterocycles. The van der Waals surface area contributed by atoms with Crippen LogP contribution >= 0.6 is 11.8 Å². The van der Waals surface area contributed by atoms with Crippen molar-refractivity contribution in [1.82, 2.24) is 5.32 Å². The maximum Gasteiger partial charge on any atom is 0.0285 e. The summed E-state index contributed by atoms with van der Waals surface area (Å²) in [6, 6.07) is 0.699. The van der Waals surface area contributed by atoms with Gasteiger partial charge in [0, 0.05) is 10.8 Å². The second-order valence-corrected chi connectivity index (χ2v) is 6.48. The third kappa shape index (κ3) is 2.90. The summed E-state index contributed by atoms with van der Waals surface area (Å²) in [7, 11) is 2.12. The van der Waals surface area contributed by atoms with E-state index in [2.05, 4.69) is 44.9 Å². The fourth-order valence-corrected chi connectivity index (χ4v) is 3.78. The Labute approximate surface area is 93.4 Å². The van der Waals surface area contributed by atoms with Crippen molar-refractivity contribution in [2.75, 3.05) is 12.8 Å². The summed E-state index contributed by atoms with van der Waals surface area (Å²) in [5.74, 6) is 2.21. The van der Waals surface area contributed by atoms with E-state index in [1.165, 1.54) is 31.4 Å². The van der Waals surface area contributed by atoms with Gasteiger partial charge in [-0.15, -0.1) is 0 Å². The zero-order valence-corrected chi connectivity index (χ0v) is 10.9. The van der Waals surface area contributed by atoms with Crippen molar-refractivity contribution < 1.29 is 0 Å². The Morgan fingerprint density at radius 2 is 2.21 bits per heavy atom. The van der Waals surface area contributed by atoms with Crippen LogP contribution in [0.3, 0.4) is 0 Å². The van der Waals surface area contributed by atoms with Gasteiger partial charge in [0.25, 0.3) is 0 Å². The summed E-state index contributed by atoms with van der Waals surface area (Å²) in [5, 5.41) is 3.53. The third-order valence-corrected chi connectivity index (χ3v) is 5.31. The molecular formula is C12H25NS. The zero-order chi connectivity index (χ0) is 10.6. The molecule has 0 aromatic rings. The lowest BCUT2D eigenvalue weighted by Crippen LogP contribution is -2.44. The van der Waals surface area contributed by atoms with Crippen LogP contribution in [0.2, 0.25) is 0 Å². The molecule has 0 saturated carbocycles. The lowest BCUT2D eigenvalue weighted by atomic mass is 9.88. The Bertz CT molecular complexity index is 164. The Balaban J connectivity index is 2.51. The first-order valence-corrected chi connectivity index (χ1v) is 6.92. The topological polar surface area (TPSA) is 12.0 Å². The lowest BCUT2D eigenvalue weighted by molar-refractivity contribution is 0.345. The predicted octanol–water partition coefficient (Wildman–Crippen LogP) is 3.30. The standard InChI is InChI=1S/C12H25NS/c1-5-10(2)9-11(13-4)12(3)7-6-8-14-12/h10-11,13H,5-9H2,1-4H3. The van der Waals surface area contributed by atoms with Gasteiger partial charge in [-0.1, -0.05) is 20.3 Å². The first kappa shape index (κ1) is 12.4. The van der Waals surface area contributed by atoms with E-state index in [0.29, 0.717) is 10.8 Å². The van der Waals surface area contributed by atoms with Gasteiger partial charge < -0.3 is 5.32 Å². The average molecular weight is 215 g/mol. The molecule has 1 fully saturated rings. The van der Waals surface area contributed by atoms with E-state index in [9.17, 15) is 0 Å². The summed E-state index contributed by atoms with van der Waals surface area (Å²) in [4.78, 5) is 0. The van der Waals surface area contributed by atoms with Gasteiger partial charge in [-0.3, -0.25) is 0 Å². The molecule has 1 rings (SSSR count). The Morgan fingerprint density at radius 3 is 2.64 bits per heavy atom. The van der Waals surface area contributed by atoms with Crippen molar-refractivity contribution in [3.05, 3.63) is 0 Å². The first-order valence-electron chi connectivity index (χ1n) is 5.93. The summed E-state index contributed by atoms with van der Waals surface area (Å²) in [5.41, 5.74) is 0. The van der Waals surface area contributed by atoms with Crippen molar-refractivity contribution in [1.29, 1.82) is 0 Å². The molecule has 0 aromatic carbocycles. The number of hydrogen-bond donors (Lipinski definition) is 1. The molecule has 1 heterocycles. The molecule has 1 nitrogen and oxygen atoms in total. The largest absolute Gasteiger partial charge is 0.316 e. The molecule has 1 saturated heterocycles. The summed E-state index contributed by atoms with van der Waals surface area (Å²) < 4.78 is 0.498. The second kappa shape index (κ2) is 5.41. The summed E-state index contributed by atoms with van der Waals surface area (Å²) >= 11 is 2.17. The molecule has 1 N–H and O–H groups in total. The smallest absolute Gasteiger partial charge is 0.0285 e. The Kier molecular flexibility index (Phi) is 4.78. The molecule has 1 aliphatic rings. The predicted molar refractivity (Wildman–Crippen MR) is 67.0 cm³/mol. The molecule has 2 heteroatoms. The van der Waals surface area contributed by atoms with E-state index >= 15 is 0 Å². The normalized spacial score (nSPS) is 31.7. The number of nitrogens with one attached hydrogen (secondary N) is 1. The van der Waals surface area contributed by atoms with Gasteiger partial charge in [0.15, 0.2) is 0 Å². The van der Waals surface area contributed by atoms with Crippen LogP contribution in [-0.2, 0) is 0 Å². The lowest BCUT2D eigenvalue weighted by Gasteiger charge is -2.34.